The minimum atomic E-state index is 1.05. The predicted molar refractivity (Wildman–Crippen MR) is 444 cm³/mol. The van der Waals surface area contributed by atoms with Gasteiger partial charge in [-0.25, -0.2) is 0 Å². The Kier molecular flexibility index (Phi) is 15.6. The van der Waals surface area contributed by atoms with Crippen LogP contribution in [0.25, 0.3) is 154 Å². The van der Waals surface area contributed by atoms with E-state index in [2.05, 4.69) is 422 Å². The molecule has 19 rings (SSSR count). The van der Waals surface area contributed by atoms with Crippen molar-refractivity contribution in [3.63, 3.8) is 0 Å². The Morgan fingerprint density at radius 1 is 0.135 bits per heavy atom. The summed E-state index contributed by atoms with van der Waals surface area (Å²) in [6, 6.07) is 152. The van der Waals surface area contributed by atoms with Crippen LogP contribution in [-0.4, -0.2) is 0 Å². The number of fused-ring (bicyclic) bond motifs is 8. The first-order valence-electron chi connectivity index (χ1n) is 35.9. The first-order valence-corrected chi connectivity index (χ1v) is 35.9. The first kappa shape index (κ1) is 61.4. The summed E-state index contributed by atoms with van der Waals surface area (Å²) >= 11 is 0. The minimum Gasteiger partial charge on any atom is -0.309 e. The van der Waals surface area contributed by atoms with Crippen LogP contribution < -0.4 is 9.80 Å². The molecular weight excluding hydrogens is 1250 g/mol. The van der Waals surface area contributed by atoms with Crippen molar-refractivity contribution in [1.29, 1.82) is 0 Å². The van der Waals surface area contributed by atoms with E-state index in [0.29, 0.717) is 0 Å². The highest BCUT2D eigenvalue weighted by Gasteiger charge is 2.26. The van der Waals surface area contributed by atoms with Gasteiger partial charge in [0, 0.05) is 33.6 Å². The van der Waals surface area contributed by atoms with Gasteiger partial charge in [0.2, 0.25) is 0 Å². The smallest absolute Gasteiger partial charge is 0.0546 e. The van der Waals surface area contributed by atoms with E-state index in [4.69, 9.17) is 0 Å². The minimum absolute atomic E-state index is 1.05. The van der Waals surface area contributed by atoms with Gasteiger partial charge in [0.1, 0.15) is 0 Å². The van der Waals surface area contributed by atoms with E-state index < -0.39 is 0 Å². The molecular formula is C102H68N2. The van der Waals surface area contributed by atoms with Gasteiger partial charge in [-0.05, 0) is 216 Å². The Balaban J connectivity index is 0.783. The number of hydrogen-bond donors (Lipinski definition) is 0. The van der Waals surface area contributed by atoms with E-state index in [1.165, 1.54) is 70.4 Å². The number of benzene rings is 19. The molecule has 19 aromatic carbocycles. The van der Waals surface area contributed by atoms with Gasteiger partial charge in [0.25, 0.3) is 0 Å². The number of nitrogens with zero attached hydrogens (tertiary/aromatic N) is 2. The lowest BCUT2D eigenvalue weighted by molar-refractivity contribution is 1.28. The van der Waals surface area contributed by atoms with Gasteiger partial charge in [-0.1, -0.05) is 328 Å². The second kappa shape index (κ2) is 26.5. The van der Waals surface area contributed by atoms with Crippen LogP contribution in [0, 0.1) is 0 Å². The van der Waals surface area contributed by atoms with Crippen LogP contribution in [0.1, 0.15) is 0 Å². The maximum Gasteiger partial charge on any atom is 0.0546 e. The van der Waals surface area contributed by atoms with E-state index >= 15 is 0 Å². The number of hydrogen-bond acceptors (Lipinski definition) is 2. The van der Waals surface area contributed by atoms with Gasteiger partial charge in [-0.2, -0.15) is 0 Å². The number of anilines is 6. The second-order valence-corrected chi connectivity index (χ2v) is 27.1. The largest absolute Gasteiger partial charge is 0.309 e. The van der Waals surface area contributed by atoms with Gasteiger partial charge >= 0.3 is 0 Å². The molecule has 0 N–H and O–H groups in total. The zero-order valence-electron chi connectivity index (χ0n) is 57.2. The summed E-state index contributed by atoms with van der Waals surface area (Å²) in [5, 5.41) is 14.6. The lowest BCUT2D eigenvalue weighted by Gasteiger charge is -2.31. The Morgan fingerprint density at radius 3 is 1.07 bits per heavy atom. The number of rotatable bonds is 14. The number of para-hydroxylation sites is 2. The van der Waals surface area contributed by atoms with Crippen LogP contribution in [0.3, 0.4) is 0 Å². The fourth-order valence-electron chi connectivity index (χ4n) is 16.1. The summed E-state index contributed by atoms with van der Waals surface area (Å²) in [5.41, 5.74) is 24.7. The maximum absolute atomic E-state index is 2.51. The maximum atomic E-state index is 2.51. The van der Waals surface area contributed by atoms with Crippen molar-refractivity contribution in [3.05, 3.63) is 413 Å². The summed E-state index contributed by atoms with van der Waals surface area (Å²) in [7, 11) is 0. The first-order chi connectivity index (χ1) is 51.6. The molecule has 0 unspecified atom stereocenters. The third kappa shape index (κ3) is 11.2. The quantitative estimate of drug-likeness (QED) is 0.100. The molecule has 2 nitrogen and oxygen atoms in total. The predicted octanol–water partition coefficient (Wildman–Crippen LogP) is 28.9. The Hall–Kier alpha value is -13.7. The van der Waals surface area contributed by atoms with Crippen molar-refractivity contribution < 1.29 is 0 Å². The summed E-state index contributed by atoms with van der Waals surface area (Å²) in [6.07, 6.45) is 0. The summed E-state index contributed by atoms with van der Waals surface area (Å²) in [6.45, 7) is 0. The highest BCUT2D eigenvalue weighted by molar-refractivity contribution is 6.16. The van der Waals surface area contributed by atoms with Crippen LogP contribution >= 0.6 is 0 Å². The summed E-state index contributed by atoms with van der Waals surface area (Å²) in [5.74, 6) is 0. The SMILES string of the molecule is c1ccc(-c2ccccc2N(c2cccc(-c3cc4ccccc4c4ccccc34)c2)c2ccc(-c3ccc4ccc(-c5ccccc5N(c5cccc(-c6cc7ccccc7c7ccccc67)c5)c5cccc(-c6ccccc6)c5-c5ccccc5)cc4c3)cc2-c2ccc3ccccc3c2)cc1. The topological polar surface area (TPSA) is 6.48 Å². The van der Waals surface area contributed by atoms with E-state index in [9.17, 15) is 0 Å². The van der Waals surface area contributed by atoms with Gasteiger partial charge in [0.05, 0.1) is 22.7 Å². The molecule has 0 bridgehead atoms. The van der Waals surface area contributed by atoms with Crippen LogP contribution in [0.15, 0.2) is 413 Å². The van der Waals surface area contributed by atoms with Crippen molar-refractivity contribution in [3.8, 4) is 89.0 Å². The molecule has 0 aromatic heterocycles. The van der Waals surface area contributed by atoms with E-state index in [-0.39, 0.29) is 0 Å². The lowest BCUT2D eigenvalue weighted by Crippen LogP contribution is -2.13. The third-order valence-corrected chi connectivity index (χ3v) is 21.0. The molecule has 0 saturated heterocycles. The summed E-state index contributed by atoms with van der Waals surface area (Å²) < 4.78 is 0. The van der Waals surface area contributed by atoms with Crippen molar-refractivity contribution in [1.82, 2.24) is 0 Å². The van der Waals surface area contributed by atoms with Gasteiger partial charge in [-0.3, -0.25) is 0 Å². The molecule has 104 heavy (non-hydrogen) atoms. The zero-order chi connectivity index (χ0) is 68.9. The Labute approximate surface area is 606 Å². The molecule has 2 heteroatoms. The van der Waals surface area contributed by atoms with Gasteiger partial charge in [0.15, 0.2) is 0 Å². The third-order valence-electron chi connectivity index (χ3n) is 21.0. The average molecular weight is 1320 g/mol. The fourth-order valence-corrected chi connectivity index (χ4v) is 16.1. The molecule has 486 valence electrons. The van der Waals surface area contributed by atoms with Crippen molar-refractivity contribution >= 4 is 98.8 Å². The summed E-state index contributed by atoms with van der Waals surface area (Å²) in [4.78, 5) is 5.01. The Bertz CT molecular complexity index is 6490. The highest BCUT2D eigenvalue weighted by Crippen LogP contribution is 2.52. The second-order valence-electron chi connectivity index (χ2n) is 27.1. The van der Waals surface area contributed by atoms with Crippen LogP contribution in [0.5, 0.6) is 0 Å². The molecule has 19 aromatic rings. The zero-order valence-corrected chi connectivity index (χ0v) is 57.2. The molecule has 0 aliphatic rings. The molecule has 0 aliphatic carbocycles. The normalized spacial score (nSPS) is 11.5. The molecule has 0 aliphatic heterocycles. The van der Waals surface area contributed by atoms with Crippen molar-refractivity contribution in [2.45, 2.75) is 0 Å². The Morgan fingerprint density at radius 2 is 0.481 bits per heavy atom. The molecule has 0 atom stereocenters. The van der Waals surface area contributed by atoms with Crippen molar-refractivity contribution in [2.24, 2.45) is 0 Å². The van der Waals surface area contributed by atoms with E-state index in [1.54, 1.807) is 0 Å². The standard InChI is InChI=1S/C102H68N2/c1-4-28-71(29-5-1)88-43-20-22-50-98(88)103(84-39-24-37-77(64-84)95-67-79-35-12-14-41-86(79)91-45-16-18-47-93(91)95)100-60-59-76(66-97(100)82-58-54-69-27-10-11-34-74(69)61-82)75-56-53-70-55-57-81(63-83(70)62-75)89-44-21-23-51-99(89)104(101-52-26-49-90(72-30-6-2-7-31-72)102(101)73-32-8-3-9-33-73)85-40-25-38-78(65-85)96-68-80-36-13-15-42-87(80)92-46-17-19-48-94(92)96/h1-68H. The molecule has 0 spiro atoms. The lowest BCUT2D eigenvalue weighted by atomic mass is 9.90. The molecule has 0 saturated carbocycles. The molecule has 0 amide bonds. The van der Waals surface area contributed by atoms with Crippen LogP contribution in [0.4, 0.5) is 34.1 Å². The molecule has 0 fully saturated rings. The van der Waals surface area contributed by atoms with E-state index in [1.807, 2.05) is 0 Å². The average Bonchev–Trinajstić information content (AvgIpc) is 0.759. The molecule has 0 heterocycles. The highest BCUT2D eigenvalue weighted by atomic mass is 15.2. The van der Waals surface area contributed by atoms with Crippen molar-refractivity contribution in [2.75, 3.05) is 9.80 Å². The van der Waals surface area contributed by atoms with Gasteiger partial charge in [-0.15, -0.1) is 0 Å². The van der Waals surface area contributed by atoms with E-state index in [0.717, 1.165) is 117 Å². The van der Waals surface area contributed by atoms with Crippen LogP contribution in [-0.2, 0) is 0 Å². The monoisotopic (exact) mass is 1320 g/mol. The van der Waals surface area contributed by atoms with Gasteiger partial charge < -0.3 is 9.80 Å². The van der Waals surface area contributed by atoms with Crippen LogP contribution in [0.2, 0.25) is 0 Å². The fraction of sp³-hybridized carbons (Fsp3) is 0. The molecule has 0 radical (unpaired) electrons.